The number of aromatic nitrogens is 1. The van der Waals surface area contributed by atoms with Crippen LogP contribution in [0.1, 0.15) is 41.5 Å². The van der Waals surface area contributed by atoms with Gasteiger partial charge in [0.1, 0.15) is 11.8 Å². The van der Waals surface area contributed by atoms with Crippen LogP contribution in [0.5, 0.6) is 5.75 Å². The minimum atomic E-state index is -0.628. The molecule has 0 aliphatic carbocycles. The van der Waals surface area contributed by atoms with Gasteiger partial charge in [-0.3, -0.25) is 9.59 Å². The zero-order valence-electron chi connectivity index (χ0n) is 20.5. The Kier molecular flexibility index (Phi) is 5.44. The second kappa shape index (κ2) is 8.81. The molecule has 2 aliphatic rings. The van der Waals surface area contributed by atoms with Crippen LogP contribution in [0.2, 0.25) is 0 Å². The summed E-state index contributed by atoms with van der Waals surface area (Å²) in [5, 5.41) is 3.93. The fourth-order valence-electron chi connectivity index (χ4n) is 5.44. The summed E-state index contributed by atoms with van der Waals surface area (Å²) in [6, 6.07) is 20.3. The predicted molar refractivity (Wildman–Crippen MR) is 141 cm³/mol. The molecule has 1 fully saturated rings. The van der Waals surface area contributed by atoms with E-state index >= 15 is 0 Å². The molecule has 3 heterocycles. The van der Waals surface area contributed by atoms with Crippen molar-refractivity contribution in [2.24, 2.45) is 0 Å². The van der Waals surface area contributed by atoms with Gasteiger partial charge in [0.05, 0.1) is 23.9 Å². The van der Waals surface area contributed by atoms with Crippen molar-refractivity contribution < 1.29 is 19.1 Å². The van der Waals surface area contributed by atoms with E-state index in [1.165, 1.54) is 0 Å². The number of H-pyrrole nitrogens is 1. The summed E-state index contributed by atoms with van der Waals surface area (Å²) >= 11 is 0. The number of rotatable bonds is 5. The Morgan fingerprint density at radius 1 is 1.03 bits per heavy atom. The van der Waals surface area contributed by atoms with Gasteiger partial charge in [-0.05, 0) is 61.9 Å². The van der Waals surface area contributed by atoms with Gasteiger partial charge in [-0.25, -0.2) is 9.69 Å². The predicted octanol–water partition coefficient (Wildman–Crippen LogP) is 5.27. The summed E-state index contributed by atoms with van der Waals surface area (Å²) in [5.74, 6) is -0.0267. The van der Waals surface area contributed by atoms with Crippen molar-refractivity contribution in [1.29, 1.82) is 0 Å². The number of nitrogens with zero attached hydrogens (tertiary/aromatic N) is 2. The van der Waals surface area contributed by atoms with Crippen molar-refractivity contribution in [2.45, 2.75) is 32.4 Å². The highest BCUT2D eigenvalue weighted by atomic mass is 16.5. The first-order valence-electron chi connectivity index (χ1n) is 12.4. The number of carbonyl (C=O) groups is 3. The minimum Gasteiger partial charge on any atom is -0.494 e. The van der Waals surface area contributed by atoms with Crippen molar-refractivity contribution in [3.05, 3.63) is 89.6 Å². The molecule has 2 aliphatic heterocycles. The number of hydrogen-bond donors (Lipinski definition) is 2. The Labute approximate surface area is 213 Å². The molecular weight excluding hydrogens is 468 g/mol. The first-order chi connectivity index (χ1) is 18.0. The molecule has 4 aromatic rings. The number of hydrogen-bond acceptors (Lipinski definition) is 4. The molecule has 3 aromatic carbocycles. The van der Waals surface area contributed by atoms with Crippen LogP contribution in [-0.2, 0) is 11.2 Å². The highest BCUT2D eigenvalue weighted by molar-refractivity contribution is 6.24. The molecule has 1 saturated heterocycles. The lowest BCUT2D eigenvalue weighted by molar-refractivity contribution is -0.120. The Balaban J connectivity index is 1.31. The van der Waals surface area contributed by atoms with Crippen molar-refractivity contribution in [2.75, 3.05) is 16.8 Å². The van der Waals surface area contributed by atoms with Gasteiger partial charge in [-0.1, -0.05) is 30.3 Å². The van der Waals surface area contributed by atoms with E-state index in [-0.39, 0.29) is 23.2 Å². The Hall–Kier alpha value is -4.59. The fourth-order valence-corrected chi connectivity index (χ4v) is 5.44. The van der Waals surface area contributed by atoms with Gasteiger partial charge in [-0.2, -0.15) is 0 Å². The monoisotopic (exact) mass is 494 g/mol. The van der Waals surface area contributed by atoms with Crippen LogP contribution in [0.4, 0.5) is 16.2 Å². The molecule has 186 valence electrons. The fraction of sp³-hybridized carbons (Fsp3) is 0.207. The lowest BCUT2D eigenvalue weighted by Gasteiger charge is -2.33. The zero-order chi connectivity index (χ0) is 25.7. The second-order valence-corrected chi connectivity index (χ2v) is 9.25. The first kappa shape index (κ1) is 22.8. The molecule has 0 saturated carbocycles. The van der Waals surface area contributed by atoms with Gasteiger partial charge >= 0.3 is 6.03 Å². The number of imide groups is 1. The maximum Gasteiger partial charge on any atom is 0.332 e. The molecule has 4 amide bonds. The van der Waals surface area contributed by atoms with Crippen LogP contribution in [0, 0.1) is 0 Å². The zero-order valence-corrected chi connectivity index (χ0v) is 20.5. The number of anilines is 2. The molecule has 37 heavy (non-hydrogen) atoms. The lowest BCUT2D eigenvalue weighted by atomic mass is 9.93. The number of benzene rings is 3. The lowest BCUT2D eigenvalue weighted by Crippen LogP contribution is -2.42. The molecule has 2 atom stereocenters. The van der Waals surface area contributed by atoms with E-state index in [0.29, 0.717) is 24.5 Å². The second-order valence-electron chi connectivity index (χ2n) is 9.25. The van der Waals surface area contributed by atoms with Crippen molar-refractivity contribution in [3.63, 3.8) is 0 Å². The van der Waals surface area contributed by atoms with Crippen LogP contribution in [0.3, 0.4) is 0 Å². The van der Waals surface area contributed by atoms with Crippen LogP contribution < -0.4 is 15.0 Å². The molecule has 6 rings (SSSR count). The van der Waals surface area contributed by atoms with E-state index < -0.39 is 18.0 Å². The van der Waals surface area contributed by atoms with E-state index in [9.17, 15) is 14.4 Å². The number of carbonyl (C=O) groups excluding carboxylic acids is 3. The van der Waals surface area contributed by atoms with Crippen molar-refractivity contribution in [3.8, 4) is 5.75 Å². The van der Waals surface area contributed by atoms with Gasteiger partial charge in [0.25, 0.3) is 11.8 Å². The van der Waals surface area contributed by atoms with Crippen LogP contribution >= 0.6 is 0 Å². The van der Waals surface area contributed by atoms with E-state index in [0.717, 1.165) is 27.1 Å². The summed E-state index contributed by atoms with van der Waals surface area (Å²) < 4.78 is 5.46. The summed E-state index contributed by atoms with van der Waals surface area (Å²) in [6.07, 6.45) is 0.422. The van der Waals surface area contributed by atoms with Crippen LogP contribution in [0.25, 0.3) is 10.9 Å². The Morgan fingerprint density at radius 3 is 2.54 bits per heavy atom. The summed E-state index contributed by atoms with van der Waals surface area (Å²) in [4.78, 5) is 46.9. The highest BCUT2D eigenvalue weighted by Crippen LogP contribution is 2.42. The van der Waals surface area contributed by atoms with Crippen LogP contribution in [-0.4, -0.2) is 40.4 Å². The standard InChI is InChI=1S/C29H26N4O4/c1-3-37-19-14-12-18(13-15-19)30-27(34)21-9-5-7-11-24(21)33-28(35)25-16-22-20-8-4-6-10-23(20)31-26(22)17(2)32(25)29(33)36/h4-15,17,25,31H,3,16H2,1-2H3,(H,30,34)/t17-,25+/m1/s1. The number of para-hydroxylation sites is 2. The third-order valence-electron chi connectivity index (χ3n) is 7.15. The van der Waals surface area contributed by atoms with Gasteiger partial charge in [0.2, 0.25) is 0 Å². The third-order valence-corrected chi connectivity index (χ3v) is 7.15. The SMILES string of the molecule is CCOc1ccc(NC(=O)c2ccccc2N2C(=O)[C@@H]3Cc4c([nH]c5ccccc45)[C@@H](C)N3C2=O)cc1. The molecular formula is C29H26N4O4. The van der Waals surface area contributed by atoms with Crippen LogP contribution in [0.15, 0.2) is 72.8 Å². The molecule has 0 spiro atoms. The Bertz CT molecular complexity index is 1540. The number of ether oxygens (including phenoxy) is 1. The van der Waals surface area contributed by atoms with E-state index in [1.54, 1.807) is 53.4 Å². The average Bonchev–Trinajstić information content (AvgIpc) is 3.40. The van der Waals surface area contributed by atoms with Gasteiger partial charge < -0.3 is 19.9 Å². The number of aromatic amines is 1. The third kappa shape index (κ3) is 3.64. The number of urea groups is 1. The summed E-state index contributed by atoms with van der Waals surface area (Å²) in [6.45, 7) is 4.38. The molecule has 8 nitrogen and oxygen atoms in total. The quantitative estimate of drug-likeness (QED) is 0.370. The molecule has 0 unspecified atom stereocenters. The van der Waals surface area contributed by atoms with E-state index in [1.807, 2.05) is 38.1 Å². The smallest absolute Gasteiger partial charge is 0.332 e. The maximum absolute atomic E-state index is 13.7. The van der Waals surface area contributed by atoms with Crippen molar-refractivity contribution >= 4 is 40.1 Å². The van der Waals surface area contributed by atoms with Gasteiger partial charge in [0, 0.05) is 28.7 Å². The summed E-state index contributed by atoms with van der Waals surface area (Å²) in [5.41, 5.74) is 4.11. The maximum atomic E-state index is 13.7. The number of nitrogens with one attached hydrogen (secondary N) is 2. The van der Waals surface area contributed by atoms with Gasteiger partial charge in [-0.15, -0.1) is 0 Å². The highest BCUT2D eigenvalue weighted by Gasteiger charge is 2.52. The number of amides is 4. The molecule has 2 N–H and O–H groups in total. The molecule has 8 heteroatoms. The normalized spacial score (nSPS) is 18.6. The van der Waals surface area contributed by atoms with E-state index in [2.05, 4.69) is 10.3 Å². The Morgan fingerprint density at radius 2 is 1.76 bits per heavy atom. The first-order valence-corrected chi connectivity index (χ1v) is 12.4. The van der Waals surface area contributed by atoms with Gasteiger partial charge in [0.15, 0.2) is 0 Å². The largest absolute Gasteiger partial charge is 0.494 e. The molecule has 1 aromatic heterocycles. The number of fused-ring (bicyclic) bond motifs is 4. The minimum absolute atomic E-state index is 0.245. The van der Waals surface area contributed by atoms with Crippen molar-refractivity contribution in [1.82, 2.24) is 9.88 Å². The molecule has 0 radical (unpaired) electrons. The topological polar surface area (TPSA) is 94.7 Å². The molecule has 0 bridgehead atoms. The summed E-state index contributed by atoms with van der Waals surface area (Å²) in [7, 11) is 0. The van der Waals surface area contributed by atoms with E-state index in [4.69, 9.17) is 4.74 Å². The average molecular weight is 495 g/mol.